The average molecular weight is 918 g/mol. The highest BCUT2D eigenvalue weighted by Crippen LogP contribution is 2.47. The molecule has 4 aliphatic heterocycles. The quantitative estimate of drug-likeness (QED) is 0.0482. The van der Waals surface area contributed by atoms with Crippen LogP contribution in [0.5, 0.6) is 0 Å². The Kier molecular flexibility index (Phi) is 11.3. The Morgan fingerprint density at radius 1 is 0.536 bits per heavy atom. The van der Waals surface area contributed by atoms with Crippen LogP contribution in [0.4, 0.5) is 11.4 Å². The lowest BCUT2D eigenvalue weighted by molar-refractivity contribution is -0.428. The average Bonchev–Trinajstić information content (AvgIpc) is 3.69. The number of para-hydroxylation sites is 2. The van der Waals surface area contributed by atoms with E-state index in [2.05, 4.69) is 27.7 Å². The molecule has 69 heavy (non-hydrogen) atoms. The van der Waals surface area contributed by atoms with Gasteiger partial charge in [0.2, 0.25) is 12.2 Å². The number of imide groups is 2. The molecule has 0 N–H and O–H groups in total. The van der Waals surface area contributed by atoms with E-state index in [1.807, 2.05) is 113 Å². The summed E-state index contributed by atoms with van der Waals surface area (Å²) in [6, 6.07) is 37.3. The van der Waals surface area contributed by atoms with Crippen LogP contribution in [0.1, 0.15) is 80.3 Å². The molecule has 0 aromatic heterocycles. The summed E-state index contributed by atoms with van der Waals surface area (Å²) in [7, 11) is 0. The second kappa shape index (κ2) is 17.4. The van der Waals surface area contributed by atoms with E-state index in [4.69, 9.17) is 9.47 Å². The van der Waals surface area contributed by atoms with Crippen molar-refractivity contribution >= 4 is 74.2 Å². The molecule has 0 aliphatic carbocycles. The van der Waals surface area contributed by atoms with E-state index in [0.29, 0.717) is 33.0 Å². The van der Waals surface area contributed by atoms with Crippen molar-refractivity contribution in [2.24, 2.45) is 0 Å². The Bertz CT molecular complexity index is 3240. The summed E-state index contributed by atoms with van der Waals surface area (Å²) < 4.78 is 13.4. The number of rotatable bonds is 13. The van der Waals surface area contributed by atoms with Gasteiger partial charge in [0.1, 0.15) is 19.8 Å². The zero-order valence-corrected chi connectivity index (χ0v) is 38.7. The highest BCUT2D eigenvalue weighted by Gasteiger charge is 2.45. The summed E-state index contributed by atoms with van der Waals surface area (Å²) in [5.74, 6) is -2.68. The van der Waals surface area contributed by atoms with Gasteiger partial charge in [-0.25, -0.2) is 4.79 Å². The Labute approximate surface area is 399 Å². The third-order valence-corrected chi connectivity index (χ3v) is 13.8. The highest BCUT2D eigenvalue weighted by molar-refractivity contribution is 6.26. The fraction of sp³-hybridized carbons (Fsp3) is 0.211. The highest BCUT2D eigenvalue weighted by atomic mass is 16.5. The van der Waals surface area contributed by atoms with Crippen LogP contribution < -0.4 is 4.90 Å². The molecule has 0 radical (unpaired) electrons. The molecule has 0 saturated heterocycles. The normalized spacial score (nSPS) is 17.3. The zero-order chi connectivity index (χ0) is 48.2. The molecule has 10 rings (SSSR count). The number of esters is 2. The maximum atomic E-state index is 13.6. The van der Waals surface area contributed by atoms with E-state index in [0.717, 1.165) is 54.5 Å². The molecule has 0 unspecified atom stereocenters. The maximum absolute atomic E-state index is 13.6. The SMILES string of the molecule is CC1(C)C(=CC=CC=CC2=[N+](CC(=O)OCCN3C(=O)c4cccc5cccc(c45)C3=O)c3ccccc3C2(C)C)N(CC(=O)OCCN2C(=O)c3cccc4cccc(c34)C2=O)c2ccccc21. The van der Waals surface area contributed by atoms with E-state index in [1.54, 1.807) is 48.5 Å². The zero-order valence-electron chi connectivity index (χ0n) is 38.7. The number of carbonyl (C=O) groups is 6. The molecule has 0 fully saturated rings. The number of benzene rings is 6. The van der Waals surface area contributed by atoms with Crippen molar-refractivity contribution in [3.63, 3.8) is 0 Å². The minimum absolute atomic E-state index is 0.0794. The number of nitrogens with zero attached hydrogens (tertiary/aromatic N) is 4. The Morgan fingerprint density at radius 2 is 1.03 bits per heavy atom. The lowest BCUT2D eigenvalue weighted by Crippen LogP contribution is -2.42. The van der Waals surface area contributed by atoms with Crippen LogP contribution in [0.15, 0.2) is 157 Å². The molecule has 0 saturated carbocycles. The number of allylic oxidation sites excluding steroid dienone is 6. The van der Waals surface area contributed by atoms with Gasteiger partial charge in [0, 0.05) is 67.5 Å². The van der Waals surface area contributed by atoms with Gasteiger partial charge in [-0.2, -0.15) is 4.58 Å². The van der Waals surface area contributed by atoms with Crippen molar-refractivity contribution in [1.82, 2.24) is 9.80 Å². The molecule has 0 bridgehead atoms. The maximum Gasteiger partial charge on any atom is 0.372 e. The molecule has 12 heteroatoms. The van der Waals surface area contributed by atoms with Crippen LogP contribution in [0.2, 0.25) is 0 Å². The van der Waals surface area contributed by atoms with Gasteiger partial charge in [0.05, 0.1) is 18.5 Å². The van der Waals surface area contributed by atoms with E-state index < -0.39 is 46.4 Å². The Hall–Kier alpha value is -8.25. The van der Waals surface area contributed by atoms with Gasteiger partial charge in [-0.05, 0) is 66.6 Å². The molecule has 6 aromatic rings. The number of carbonyl (C=O) groups excluding carboxylic acids is 6. The second-order valence-corrected chi connectivity index (χ2v) is 18.5. The van der Waals surface area contributed by atoms with Crippen LogP contribution in [-0.2, 0) is 29.9 Å². The smallest absolute Gasteiger partial charge is 0.372 e. The fourth-order valence-corrected chi connectivity index (χ4v) is 10.4. The van der Waals surface area contributed by atoms with Crippen molar-refractivity contribution in [2.45, 2.75) is 38.5 Å². The predicted octanol–water partition coefficient (Wildman–Crippen LogP) is 8.84. The van der Waals surface area contributed by atoms with Gasteiger partial charge in [-0.1, -0.05) is 117 Å². The molecule has 0 spiro atoms. The molecule has 6 aromatic carbocycles. The number of amides is 4. The van der Waals surface area contributed by atoms with Crippen molar-refractivity contribution in [2.75, 3.05) is 44.3 Å². The van der Waals surface area contributed by atoms with Gasteiger partial charge in [-0.15, -0.1) is 0 Å². The third kappa shape index (κ3) is 7.62. The summed E-state index contributed by atoms with van der Waals surface area (Å²) >= 11 is 0. The molecule has 4 aliphatic rings. The molecule has 0 atom stereocenters. The second-order valence-electron chi connectivity index (χ2n) is 18.5. The van der Waals surface area contributed by atoms with Gasteiger partial charge < -0.3 is 14.4 Å². The third-order valence-electron chi connectivity index (χ3n) is 13.8. The minimum atomic E-state index is -0.508. The standard InChI is InChI=1S/C57H49N4O8/c1-56(2)42-24-8-10-26-44(42)60(34-48(62)68-32-30-58-52(64)38-20-12-16-36-17-13-21-39(50(36)38)53(58)65)46(56)28-6-5-7-29-47-57(3,4)43-25-9-11-27-45(43)61(47)35-49(63)69-33-31-59-54(66)40-22-14-18-37-19-15-23-41(51(37)40)55(59)67/h5-29H,30-35H2,1-4H3/q+1. The van der Waals surface area contributed by atoms with E-state index in [1.165, 1.54) is 0 Å². The summed E-state index contributed by atoms with van der Waals surface area (Å²) in [5.41, 5.74) is 6.43. The molecule has 12 nitrogen and oxygen atoms in total. The molecular formula is C57H49N4O8+. The Balaban J connectivity index is 0.819. The van der Waals surface area contributed by atoms with Crippen LogP contribution >= 0.6 is 0 Å². The van der Waals surface area contributed by atoms with Crippen LogP contribution in [-0.4, -0.2) is 95.0 Å². The van der Waals surface area contributed by atoms with E-state index in [9.17, 15) is 28.8 Å². The van der Waals surface area contributed by atoms with Gasteiger partial charge in [-0.3, -0.25) is 33.8 Å². The fourth-order valence-electron chi connectivity index (χ4n) is 10.4. The molecule has 4 heterocycles. The summed E-state index contributed by atoms with van der Waals surface area (Å²) in [6.45, 7) is 7.76. The molecular weight excluding hydrogens is 869 g/mol. The Morgan fingerprint density at radius 3 is 1.58 bits per heavy atom. The minimum Gasteiger partial charge on any atom is -0.462 e. The van der Waals surface area contributed by atoms with E-state index >= 15 is 0 Å². The number of fused-ring (bicyclic) bond motifs is 2. The lowest BCUT2D eigenvalue weighted by atomic mass is 9.81. The van der Waals surface area contributed by atoms with Gasteiger partial charge in [0.25, 0.3) is 23.6 Å². The predicted molar refractivity (Wildman–Crippen MR) is 263 cm³/mol. The molecule has 344 valence electrons. The largest absolute Gasteiger partial charge is 0.462 e. The molecule has 4 amide bonds. The van der Waals surface area contributed by atoms with Crippen molar-refractivity contribution in [3.05, 3.63) is 191 Å². The van der Waals surface area contributed by atoms with Crippen molar-refractivity contribution in [1.29, 1.82) is 0 Å². The summed E-state index contributed by atoms with van der Waals surface area (Å²) in [6.07, 6.45) is 9.69. The van der Waals surface area contributed by atoms with Crippen LogP contribution in [0.25, 0.3) is 21.5 Å². The first-order chi connectivity index (χ1) is 33.3. The van der Waals surface area contributed by atoms with Crippen molar-refractivity contribution < 1.29 is 42.8 Å². The number of ether oxygens (including phenoxy) is 2. The first-order valence-electron chi connectivity index (χ1n) is 23.0. The number of hydrogen-bond acceptors (Lipinski definition) is 9. The van der Waals surface area contributed by atoms with Crippen LogP contribution in [0.3, 0.4) is 0 Å². The first-order valence-corrected chi connectivity index (χ1v) is 23.0. The van der Waals surface area contributed by atoms with Crippen LogP contribution in [0, 0.1) is 0 Å². The summed E-state index contributed by atoms with van der Waals surface area (Å²) in [5, 5.41) is 2.92. The summed E-state index contributed by atoms with van der Waals surface area (Å²) in [4.78, 5) is 85.0. The topological polar surface area (TPSA) is 134 Å². The van der Waals surface area contributed by atoms with Crippen molar-refractivity contribution in [3.8, 4) is 0 Å². The van der Waals surface area contributed by atoms with Gasteiger partial charge in [0.15, 0.2) is 5.71 Å². The lowest BCUT2D eigenvalue weighted by Gasteiger charge is -2.28. The van der Waals surface area contributed by atoms with E-state index in [-0.39, 0.29) is 39.4 Å². The number of anilines is 1. The monoisotopic (exact) mass is 917 g/mol. The number of hydrogen-bond donors (Lipinski definition) is 0. The van der Waals surface area contributed by atoms with Gasteiger partial charge >= 0.3 is 11.9 Å². The first kappa shape index (κ1) is 44.6.